The minimum atomic E-state index is -4.66. The topological polar surface area (TPSA) is 212 Å². The van der Waals surface area contributed by atoms with Gasteiger partial charge >= 0.3 is 19.8 Å². The number of nitro groups is 1. The van der Waals surface area contributed by atoms with E-state index in [-0.39, 0.29) is 49.7 Å². The Morgan fingerprint density at radius 2 is 1.20 bits per heavy atom. The minimum absolute atomic E-state index is 0.0547. The molecule has 1 aromatic carbocycles. The lowest BCUT2D eigenvalue weighted by Crippen LogP contribution is -2.29. The van der Waals surface area contributed by atoms with Crippen LogP contribution >= 0.6 is 7.82 Å². The largest absolute Gasteiger partial charge is 0.472 e. The lowest BCUT2D eigenvalue weighted by Gasteiger charge is -2.20. The zero-order chi connectivity index (χ0) is 43.2. The number of phosphoric ester groups is 1. The second-order valence-corrected chi connectivity index (χ2v) is 16.9. The molecule has 338 valence electrons. The van der Waals surface area contributed by atoms with Gasteiger partial charge in [-0.2, -0.15) is 0 Å². The second kappa shape index (κ2) is 36.6. The summed E-state index contributed by atoms with van der Waals surface area (Å²) in [6.07, 6.45) is 30.0. The minimum Gasteiger partial charge on any atom is -0.462 e. The van der Waals surface area contributed by atoms with Crippen molar-refractivity contribution in [2.24, 2.45) is 5.11 Å². The quantitative estimate of drug-likeness (QED) is 0.00924. The zero-order valence-electron chi connectivity index (χ0n) is 36.3. The normalized spacial score (nSPS) is 12.7. The molecule has 0 fully saturated rings. The summed E-state index contributed by atoms with van der Waals surface area (Å²) >= 11 is 0. The summed E-state index contributed by atoms with van der Waals surface area (Å²) < 4.78 is 33.8. The van der Waals surface area contributed by atoms with E-state index in [0.717, 1.165) is 44.6 Å². The molecule has 0 heterocycles. The lowest BCUT2D eigenvalue weighted by molar-refractivity contribution is -0.383. The number of esters is 2. The van der Waals surface area contributed by atoms with Gasteiger partial charge in [-0.15, -0.1) is 0 Å². The number of nitrogens with zero attached hydrogens (tertiary/aromatic N) is 4. The molecule has 0 radical (unpaired) electrons. The highest BCUT2D eigenvalue weighted by atomic mass is 31.2. The number of rotatable bonds is 41. The third kappa shape index (κ3) is 31.3. The van der Waals surface area contributed by atoms with Gasteiger partial charge < -0.3 is 19.7 Å². The molecule has 0 saturated heterocycles. The molecule has 1 rings (SSSR count). The molecule has 0 aromatic heterocycles. The molecule has 0 bridgehead atoms. The van der Waals surface area contributed by atoms with Crippen LogP contribution in [-0.4, -0.2) is 54.2 Å². The first-order valence-electron chi connectivity index (χ1n) is 22.7. The maximum atomic E-state index is 12.8. The van der Waals surface area contributed by atoms with Crippen LogP contribution in [0, 0.1) is 10.1 Å². The van der Waals surface area contributed by atoms with Crippen molar-refractivity contribution < 1.29 is 42.5 Å². The van der Waals surface area contributed by atoms with E-state index < -0.39 is 37.4 Å². The monoisotopic (exact) mass is 854 g/mol. The molecule has 1 unspecified atom stereocenters. The van der Waals surface area contributed by atoms with E-state index in [4.69, 9.17) is 24.1 Å². The maximum absolute atomic E-state index is 12.8. The highest BCUT2D eigenvalue weighted by Crippen LogP contribution is 2.43. The number of unbranched alkanes of at least 4 members (excludes halogenated alkanes) is 24. The van der Waals surface area contributed by atoms with Crippen molar-refractivity contribution >= 4 is 36.8 Å². The van der Waals surface area contributed by atoms with E-state index in [9.17, 15) is 29.2 Å². The molecule has 0 aliphatic rings. The predicted octanol–water partition coefficient (Wildman–Crippen LogP) is 13.5. The number of benzene rings is 1. The predicted molar refractivity (Wildman–Crippen MR) is 234 cm³/mol. The van der Waals surface area contributed by atoms with Crippen LogP contribution in [0.4, 0.5) is 17.1 Å². The van der Waals surface area contributed by atoms with Gasteiger partial charge in [0.05, 0.1) is 18.1 Å². The van der Waals surface area contributed by atoms with Gasteiger partial charge in [0.1, 0.15) is 12.3 Å². The smallest absolute Gasteiger partial charge is 0.462 e. The molecule has 1 aromatic rings. The fourth-order valence-corrected chi connectivity index (χ4v) is 7.44. The van der Waals surface area contributed by atoms with E-state index in [0.29, 0.717) is 12.8 Å². The summed E-state index contributed by atoms with van der Waals surface area (Å²) in [4.78, 5) is 49.0. The van der Waals surface area contributed by atoms with Crippen LogP contribution < -0.4 is 5.32 Å². The number of carbonyl (C=O) groups is 2. The van der Waals surface area contributed by atoms with Crippen LogP contribution in [0.1, 0.15) is 194 Å². The van der Waals surface area contributed by atoms with Crippen LogP contribution in [0.5, 0.6) is 0 Å². The number of nitrogens with one attached hydrogen (secondary N) is 1. The number of hydrogen-bond acceptors (Lipinski definition) is 11. The van der Waals surface area contributed by atoms with Crippen molar-refractivity contribution in [2.75, 3.05) is 31.7 Å². The van der Waals surface area contributed by atoms with Gasteiger partial charge in [0.15, 0.2) is 6.10 Å². The molecule has 0 saturated carbocycles. The molecule has 0 aliphatic heterocycles. The third-order valence-corrected chi connectivity index (χ3v) is 11.1. The van der Waals surface area contributed by atoms with E-state index in [1.807, 2.05) is 0 Å². The number of nitro benzene ring substituents is 1. The Labute approximate surface area is 353 Å². The van der Waals surface area contributed by atoms with Gasteiger partial charge in [0.25, 0.3) is 5.69 Å². The summed E-state index contributed by atoms with van der Waals surface area (Å²) in [5.74, 6) is -0.957. The molecule has 0 amide bonds. The molecular formula is C43H76N5O10P. The summed E-state index contributed by atoms with van der Waals surface area (Å²) in [6.45, 7) is 3.10. The molecule has 2 N–H and O–H groups in total. The Morgan fingerprint density at radius 1 is 0.746 bits per heavy atom. The highest BCUT2D eigenvalue weighted by Gasteiger charge is 2.26. The first-order chi connectivity index (χ1) is 28.6. The molecule has 2 atom stereocenters. The Hall–Kier alpha value is -3.22. The average molecular weight is 854 g/mol. The lowest BCUT2D eigenvalue weighted by atomic mass is 10.0. The van der Waals surface area contributed by atoms with Crippen LogP contribution in [0.2, 0.25) is 0 Å². The standard InChI is InChI=1S/C43H76N5O10P/c1-3-5-7-9-11-13-15-17-19-21-23-25-27-29-42(49)55-36-39(58-43(50)30-28-26-24-22-20-18-16-14-12-10-8-6-4-2)37-57-59(53,54)56-34-33-45-40-32-31-38(46-47-44)35-41(40)48(51)52/h31-32,35,39,45H,3-30,33-34,36-37H2,1-2H3,(H,53,54)/t39-/m1/s1. The maximum Gasteiger partial charge on any atom is 0.472 e. The molecular weight excluding hydrogens is 777 g/mol. The SMILES string of the molecule is CCCCCCCCCCCCCCCC(=O)OC[C@H](COP(=O)(O)OCCNc1ccc(N=[N+]=[N-])cc1[N+](=O)[O-])OC(=O)CCCCCCCCCCCCCCC. The number of azide groups is 1. The zero-order valence-corrected chi connectivity index (χ0v) is 37.2. The molecule has 0 aliphatic carbocycles. The summed E-state index contributed by atoms with van der Waals surface area (Å²) in [5, 5.41) is 17.5. The summed E-state index contributed by atoms with van der Waals surface area (Å²) in [5.41, 5.74) is 8.38. The molecule has 15 nitrogen and oxygen atoms in total. The van der Waals surface area contributed by atoms with Gasteiger partial charge in [0.2, 0.25) is 0 Å². The summed E-state index contributed by atoms with van der Waals surface area (Å²) in [6, 6.07) is 3.81. The van der Waals surface area contributed by atoms with Gasteiger partial charge in [0, 0.05) is 36.1 Å². The Kier molecular flexibility index (Phi) is 33.4. The van der Waals surface area contributed by atoms with E-state index in [2.05, 4.69) is 29.2 Å². The Balaban J connectivity index is 2.49. The molecule has 16 heteroatoms. The fraction of sp³-hybridized carbons (Fsp3) is 0.814. The number of phosphoric acid groups is 1. The first kappa shape index (κ1) is 53.8. The van der Waals surface area contributed by atoms with Crippen LogP contribution in [0.15, 0.2) is 23.3 Å². The van der Waals surface area contributed by atoms with E-state index in [1.54, 1.807) is 0 Å². The Morgan fingerprint density at radius 3 is 1.66 bits per heavy atom. The molecule has 0 spiro atoms. The van der Waals surface area contributed by atoms with Crippen molar-refractivity contribution in [3.05, 3.63) is 38.8 Å². The van der Waals surface area contributed by atoms with Crippen LogP contribution in [0.25, 0.3) is 10.4 Å². The number of carbonyl (C=O) groups excluding carboxylic acids is 2. The number of ether oxygens (including phenoxy) is 2. The fourth-order valence-electron chi connectivity index (χ4n) is 6.69. The Bertz CT molecular complexity index is 1360. The van der Waals surface area contributed by atoms with E-state index >= 15 is 0 Å². The third-order valence-electron chi connectivity index (χ3n) is 10.1. The van der Waals surface area contributed by atoms with Gasteiger partial charge in [-0.1, -0.05) is 179 Å². The summed E-state index contributed by atoms with van der Waals surface area (Å²) in [7, 11) is -4.66. The second-order valence-electron chi connectivity index (χ2n) is 15.5. The number of hydrogen-bond donors (Lipinski definition) is 2. The van der Waals surface area contributed by atoms with Crippen LogP contribution in [-0.2, 0) is 32.7 Å². The average Bonchev–Trinajstić information content (AvgIpc) is 3.21. The molecule has 59 heavy (non-hydrogen) atoms. The number of anilines is 1. The van der Waals surface area contributed by atoms with Gasteiger partial charge in [-0.25, -0.2) is 4.57 Å². The first-order valence-corrected chi connectivity index (χ1v) is 24.2. The van der Waals surface area contributed by atoms with E-state index in [1.165, 1.54) is 128 Å². The van der Waals surface area contributed by atoms with Crippen molar-refractivity contribution in [3.63, 3.8) is 0 Å². The van der Waals surface area contributed by atoms with Crippen molar-refractivity contribution in [1.82, 2.24) is 0 Å². The highest BCUT2D eigenvalue weighted by molar-refractivity contribution is 7.47. The van der Waals surface area contributed by atoms with Crippen molar-refractivity contribution in [2.45, 2.75) is 200 Å². The van der Waals surface area contributed by atoms with Gasteiger partial charge in [-0.05, 0) is 24.4 Å². The van der Waals surface area contributed by atoms with Crippen molar-refractivity contribution in [1.29, 1.82) is 0 Å². The van der Waals surface area contributed by atoms with Gasteiger partial charge in [-0.3, -0.25) is 28.8 Å². The van der Waals surface area contributed by atoms with Crippen molar-refractivity contribution in [3.8, 4) is 0 Å². The van der Waals surface area contributed by atoms with Crippen LogP contribution in [0.3, 0.4) is 0 Å².